The standard InChI is InChI=1S/C9H16O2/c1-7-8(11)3-4-9(7,2)5-6-10/h7,10H,3-6H2,1-2H3/t7-,9-/m0/s1. The first-order valence-electron chi connectivity index (χ1n) is 4.24. The van der Waals surface area contributed by atoms with Crippen molar-refractivity contribution in [3.63, 3.8) is 0 Å². The molecule has 0 heterocycles. The number of hydrogen-bond donors (Lipinski definition) is 1. The minimum absolute atomic E-state index is 0.0752. The van der Waals surface area contributed by atoms with Gasteiger partial charge in [-0.3, -0.25) is 4.79 Å². The highest BCUT2D eigenvalue weighted by Crippen LogP contribution is 2.42. The molecule has 0 radical (unpaired) electrons. The van der Waals surface area contributed by atoms with Gasteiger partial charge in [0, 0.05) is 18.9 Å². The van der Waals surface area contributed by atoms with Crippen LogP contribution in [0.2, 0.25) is 0 Å². The van der Waals surface area contributed by atoms with E-state index >= 15 is 0 Å². The number of ketones is 1. The van der Waals surface area contributed by atoms with Crippen LogP contribution in [-0.4, -0.2) is 17.5 Å². The number of rotatable bonds is 2. The molecule has 1 N–H and O–H groups in total. The zero-order chi connectivity index (χ0) is 8.48. The van der Waals surface area contributed by atoms with E-state index in [2.05, 4.69) is 6.92 Å². The van der Waals surface area contributed by atoms with Crippen LogP contribution in [0.15, 0.2) is 0 Å². The van der Waals surface area contributed by atoms with E-state index in [1.54, 1.807) is 0 Å². The third-order valence-electron chi connectivity index (χ3n) is 3.15. The van der Waals surface area contributed by atoms with E-state index in [0.717, 1.165) is 12.8 Å². The van der Waals surface area contributed by atoms with Gasteiger partial charge in [0.05, 0.1) is 0 Å². The van der Waals surface area contributed by atoms with E-state index in [1.807, 2.05) is 6.92 Å². The summed E-state index contributed by atoms with van der Waals surface area (Å²) >= 11 is 0. The molecule has 0 aromatic heterocycles. The fraction of sp³-hybridized carbons (Fsp3) is 0.889. The first-order chi connectivity index (χ1) is 5.10. The molecule has 1 saturated carbocycles. The van der Waals surface area contributed by atoms with E-state index < -0.39 is 0 Å². The molecule has 1 aliphatic carbocycles. The predicted molar refractivity (Wildman–Crippen MR) is 43.2 cm³/mol. The third-order valence-corrected chi connectivity index (χ3v) is 3.15. The quantitative estimate of drug-likeness (QED) is 0.655. The number of Topliss-reactive ketones (excluding diaryl/α,β-unsaturated/α-hetero) is 1. The minimum atomic E-state index is 0.0752. The monoisotopic (exact) mass is 156 g/mol. The number of aliphatic hydroxyl groups is 1. The van der Waals surface area contributed by atoms with Crippen LogP contribution in [-0.2, 0) is 4.79 Å². The topological polar surface area (TPSA) is 37.3 Å². The second-order valence-electron chi connectivity index (χ2n) is 3.82. The maximum Gasteiger partial charge on any atom is 0.136 e. The maximum atomic E-state index is 11.2. The van der Waals surface area contributed by atoms with Crippen LogP contribution < -0.4 is 0 Å². The van der Waals surface area contributed by atoms with Gasteiger partial charge in [-0.25, -0.2) is 0 Å². The SMILES string of the molecule is C[C@H]1C(=O)CC[C@@]1(C)CCO. The zero-order valence-corrected chi connectivity index (χ0v) is 7.26. The summed E-state index contributed by atoms with van der Waals surface area (Å²) < 4.78 is 0. The highest BCUT2D eigenvalue weighted by molar-refractivity contribution is 5.83. The van der Waals surface area contributed by atoms with E-state index in [4.69, 9.17) is 5.11 Å². The fourth-order valence-corrected chi connectivity index (χ4v) is 1.83. The van der Waals surface area contributed by atoms with Gasteiger partial charge in [-0.1, -0.05) is 13.8 Å². The Morgan fingerprint density at radius 1 is 1.73 bits per heavy atom. The molecule has 11 heavy (non-hydrogen) atoms. The summed E-state index contributed by atoms with van der Waals surface area (Å²) in [5.41, 5.74) is 0.0752. The molecule has 0 spiro atoms. The maximum absolute atomic E-state index is 11.2. The molecular formula is C9H16O2. The Morgan fingerprint density at radius 2 is 2.36 bits per heavy atom. The summed E-state index contributed by atoms with van der Waals surface area (Å²) in [5, 5.41) is 8.78. The van der Waals surface area contributed by atoms with Crippen LogP contribution >= 0.6 is 0 Å². The smallest absolute Gasteiger partial charge is 0.136 e. The molecule has 0 saturated heterocycles. The van der Waals surface area contributed by atoms with Crippen molar-refractivity contribution in [1.29, 1.82) is 0 Å². The van der Waals surface area contributed by atoms with E-state index in [0.29, 0.717) is 12.2 Å². The predicted octanol–water partition coefficient (Wildman–Crippen LogP) is 1.37. The number of hydrogen-bond acceptors (Lipinski definition) is 2. The molecule has 0 bridgehead atoms. The normalized spacial score (nSPS) is 38.1. The van der Waals surface area contributed by atoms with Crippen molar-refractivity contribution in [2.45, 2.75) is 33.1 Å². The molecule has 1 fully saturated rings. The summed E-state index contributed by atoms with van der Waals surface area (Å²) in [4.78, 5) is 11.2. The first kappa shape index (κ1) is 8.72. The van der Waals surface area contributed by atoms with Gasteiger partial charge >= 0.3 is 0 Å². The Hall–Kier alpha value is -0.370. The average molecular weight is 156 g/mol. The summed E-state index contributed by atoms with van der Waals surface area (Å²) in [7, 11) is 0. The van der Waals surface area contributed by atoms with E-state index in [-0.39, 0.29) is 17.9 Å². The molecule has 2 nitrogen and oxygen atoms in total. The van der Waals surface area contributed by atoms with Crippen LogP contribution in [0.3, 0.4) is 0 Å². The van der Waals surface area contributed by atoms with Crippen molar-refractivity contribution in [2.24, 2.45) is 11.3 Å². The lowest BCUT2D eigenvalue weighted by molar-refractivity contribution is -0.121. The van der Waals surface area contributed by atoms with E-state index in [1.165, 1.54) is 0 Å². The second-order valence-corrected chi connectivity index (χ2v) is 3.82. The van der Waals surface area contributed by atoms with Gasteiger partial charge in [-0.15, -0.1) is 0 Å². The highest BCUT2D eigenvalue weighted by Gasteiger charge is 2.40. The molecule has 0 aliphatic heterocycles. The van der Waals surface area contributed by atoms with Crippen LogP contribution in [0.25, 0.3) is 0 Å². The van der Waals surface area contributed by atoms with Crippen molar-refractivity contribution < 1.29 is 9.90 Å². The number of aliphatic hydroxyl groups excluding tert-OH is 1. The molecular weight excluding hydrogens is 140 g/mol. The van der Waals surface area contributed by atoms with Gasteiger partial charge in [0.2, 0.25) is 0 Å². The molecule has 2 atom stereocenters. The Kier molecular flexibility index (Phi) is 2.33. The van der Waals surface area contributed by atoms with Gasteiger partial charge < -0.3 is 5.11 Å². The second kappa shape index (κ2) is 2.94. The highest BCUT2D eigenvalue weighted by atomic mass is 16.3. The number of carbonyl (C=O) groups excluding carboxylic acids is 1. The van der Waals surface area contributed by atoms with Gasteiger partial charge in [0.25, 0.3) is 0 Å². The van der Waals surface area contributed by atoms with E-state index in [9.17, 15) is 4.79 Å². The summed E-state index contributed by atoms with van der Waals surface area (Å²) in [6, 6.07) is 0. The Bertz CT molecular complexity index is 165. The van der Waals surface area contributed by atoms with Crippen molar-refractivity contribution in [3.8, 4) is 0 Å². The van der Waals surface area contributed by atoms with Crippen LogP contribution in [0, 0.1) is 11.3 Å². The van der Waals surface area contributed by atoms with Crippen molar-refractivity contribution >= 4 is 5.78 Å². The fourth-order valence-electron chi connectivity index (χ4n) is 1.83. The Morgan fingerprint density at radius 3 is 2.73 bits per heavy atom. The lowest BCUT2D eigenvalue weighted by Crippen LogP contribution is -2.23. The molecule has 2 heteroatoms. The molecule has 0 aromatic carbocycles. The van der Waals surface area contributed by atoms with Gasteiger partial charge in [-0.05, 0) is 18.3 Å². The lowest BCUT2D eigenvalue weighted by atomic mass is 9.78. The van der Waals surface area contributed by atoms with Crippen molar-refractivity contribution in [1.82, 2.24) is 0 Å². The van der Waals surface area contributed by atoms with Crippen molar-refractivity contribution in [3.05, 3.63) is 0 Å². The molecule has 1 rings (SSSR count). The Balaban J connectivity index is 2.64. The minimum Gasteiger partial charge on any atom is -0.396 e. The van der Waals surface area contributed by atoms with Crippen molar-refractivity contribution in [2.75, 3.05) is 6.61 Å². The third kappa shape index (κ3) is 1.45. The lowest BCUT2D eigenvalue weighted by Gasteiger charge is -2.26. The van der Waals surface area contributed by atoms with Gasteiger partial charge in [0.15, 0.2) is 0 Å². The summed E-state index contributed by atoms with van der Waals surface area (Å²) in [5.74, 6) is 0.510. The van der Waals surface area contributed by atoms with Crippen LogP contribution in [0.1, 0.15) is 33.1 Å². The number of carbonyl (C=O) groups is 1. The largest absolute Gasteiger partial charge is 0.396 e. The molecule has 64 valence electrons. The van der Waals surface area contributed by atoms with Crippen LogP contribution in [0.5, 0.6) is 0 Å². The summed E-state index contributed by atoms with van der Waals surface area (Å²) in [6.07, 6.45) is 2.42. The molecule has 0 unspecified atom stereocenters. The Labute approximate surface area is 67.6 Å². The summed E-state index contributed by atoms with van der Waals surface area (Å²) in [6.45, 7) is 4.28. The average Bonchev–Trinajstić information content (AvgIpc) is 2.19. The molecule has 0 aromatic rings. The van der Waals surface area contributed by atoms with Crippen LogP contribution in [0.4, 0.5) is 0 Å². The zero-order valence-electron chi connectivity index (χ0n) is 7.26. The molecule has 0 amide bonds. The molecule has 1 aliphatic rings. The van der Waals surface area contributed by atoms with Gasteiger partial charge in [0.1, 0.15) is 5.78 Å². The first-order valence-corrected chi connectivity index (χ1v) is 4.24. The van der Waals surface area contributed by atoms with Gasteiger partial charge in [-0.2, -0.15) is 0 Å².